The van der Waals surface area contributed by atoms with Crippen molar-refractivity contribution in [1.29, 1.82) is 0 Å². The highest BCUT2D eigenvalue weighted by Crippen LogP contribution is 2.45. The van der Waals surface area contributed by atoms with Gasteiger partial charge in [0.15, 0.2) is 11.6 Å². The van der Waals surface area contributed by atoms with Gasteiger partial charge in [0.25, 0.3) is 0 Å². The Labute approximate surface area is 580 Å². The Hall–Kier alpha value is -14.1. The van der Waals surface area contributed by atoms with Crippen LogP contribution >= 0.6 is 0 Å². The molecule has 100 heavy (non-hydrogen) atoms. The minimum atomic E-state index is 0.501. The van der Waals surface area contributed by atoms with Gasteiger partial charge in [-0.05, 0) is 198 Å². The first kappa shape index (κ1) is 59.7. The molecule has 3 heterocycles. The molecule has 5 nitrogen and oxygen atoms in total. The second kappa shape index (κ2) is 25.2. The van der Waals surface area contributed by atoms with Crippen molar-refractivity contribution in [3.05, 3.63) is 344 Å². The standard InChI is InChI=1S/C95H57N5/c1-5-62-36-26-41-81(79(62)7-3)83-48-44-70(58-85(83)82-42-27-37-63(6-2)80(82)8-4)74-55-75(57-77(56-74)76-53-72(64-28-14-9-15-29-64)52-73(54-76)65-30-16-10-17-31-65)71-47-51-92-88(61-71)87-60-69(68-45-49-90-86(59-68)84-40-24-25-43-89(84)99(90)78-38-22-13-23-39-78)46-50-91(87)100(92)95-97-93(66-32-18-11-19-33-66)96-94(98-95)67-34-20-12-21-35-67/h1-4,9-61H. The number of nitrogens with zero attached hydrogens (tertiary/aromatic N) is 5. The van der Waals surface area contributed by atoms with Gasteiger partial charge in [-0.25, -0.2) is 4.98 Å². The first-order valence-electron chi connectivity index (χ1n) is 33.1. The van der Waals surface area contributed by atoms with Crippen molar-refractivity contribution in [2.75, 3.05) is 0 Å². The van der Waals surface area contributed by atoms with Crippen LogP contribution in [-0.2, 0) is 0 Å². The molecule has 462 valence electrons. The van der Waals surface area contributed by atoms with E-state index in [1.165, 1.54) is 10.8 Å². The molecule has 5 heteroatoms. The maximum Gasteiger partial charge on any atom is 0.238 e. The Morgan fingerprint density at radius 2 is 0.580 bits per heavy atom. The van der Waals surface area contributed by atoms with Gasteiger partial charge >= 0.3 is 0 Å². The molecule has 0 bridgehead atoms. The van der Waals surface area contributed by atoms with Gasteiger partial charge in [-0.2, -0.15) is 9.97 Å². The molecule has 0 fully saturated rings. The van der Waals surface area contributed by atoms with Crippen LogP contribution in [0.2, 0.25) is 0 Å². The van der Waals surface area contributed by atoms with Crippen molar-refractivity contribution in [3.63, 3.8) is 0 Å². The van der Waals surface area contributed by atoms with Crippen LogP contribution in [0, 0.1) is 49.4 Å². The van der Waals surface area contributed by atoms with Crippen LogP contribution in [0.1, 0.15) is 22.3 Å². The molecule has 0 aliphatic rings. The van der Waals surface area contributed by atoms with Crippen LogP contribution in [-0.4, -0.2) is 24.1 Å². The Balaban J connectivity index is 0.923. The highest BCUT2D eigenvalue weighted by molar-refractivity contribution is 6.13. The van der Waals surface area contributed by atoms with Crippen molar-refractivity contribution in [1.82, 2.24) is 24.1 Å². The zero-order valence-corrected chi connectivity index (χ0v) is 54.1. The number of aromatic nitrogens is 5. The maximum atomic E-state index is 6.43. The van der Waals surface area contributed by atoms with Gasteiger partial charge in [-0.15, -0.1) is 25.7 Å². The van der Waals surface area contributed by atoms with E-state index in [4.69, 9.17) is 40.6 Å². The van der Waals surface area contributed by atoms with Crippen molar-refractivity contribution in [2.24, 2.45) is 0 Å². The molecule has 0 aliphatic heterocycles. The summed E-state index contributed by atoms with van der Waals surface area (Å²) in [4.78, 5) is 15.9. The van der Waals surface area contributed by atoms with Crippen molar-refractivity contribution in [2.45, 2.75) is 0 Å². The van der Waals surface area contributed by atoms with Gasteiger partial charge in [0.1, 0.15) is 0 Å². The molecule has 0 unspecified atom stereocenters. The quantitative estimate of drug-likeness (QED) is 0.115. The van der Waals surface area contributed by atoms with Gasteiger partial charge in [-0.1, -0.05) is 236 Å². The fraction of sp³-hybridized carbons (Fsp3) is 0. The molecule has 17 rings (SSSR count). The van der Waals surface area contributed by atoms with E-state index in [2.05, 4.69) is 257 Å². The molecule has 0 N–H and O–H groups in total. The van der Waals surface area contributed by atoms with Gasteiger partial charge < -0.3 is 4.57 Å². The lowest BCUT2D eigenvalue weighted by atomic mass is 9.85. The Morgan fingerprint density at radius 3 is 1.05 bits per heavy atom. The largest absolute Gasteiger partial charge is 0.309 e. The number of benzene rings is 14. The molecule has 0 spiro atoms. The van der Waals surface area contributed by atoms with Crippen LogP contribution in [0.15, 0.2) is 322 Å². The van der Waals surface area contributed by atoms with Crippen molar-refractivity contribution >= 4 is 43.6 Å². The van der Waals surface area contributed by atoms with E-state index < -0.39 is 0 Å². The van der Waals surface area contributed by atoms with E-state index in [0.717, 1.165) is 139 Å². The predicted octanol–water partition coefficient (Wildman–Crippen LogP) is 22.7. The average Bonchev–Trinajstić information content (AvgIpc) is 1.57. The number of rotatable bonds is 12. The fourth-order valence-corrected chi connectivity index (χ4v) is 14.3. The van der Waals surface area contributed by atoms with Crippen LogP contribution in [0.4, 0.5) is 0 Å². The molecule has 3 aromatic heterocycles. The third-order valence-corrected chi connectivity index (χ3v) is 19.1. The molecular formula is C95H57N5. The van der Waals surface area contributed by atoms with Crippen LogP contribution in [0.5, 0.6) is 0 Å². The summed E-state index contributed by atoms with van der Waals surface area (Å²) in [6.45, 7) is 0. The summed E-state index contributed by atoms with van der Waals surface area (Å²) in [5.41, 5.74) is 25.4. The number of hydrogen-bond donors (Lipinski definition) is 0. The topological polar surface area (TPSA) is 48.5 Å². The Morgan fingerprint density at radius 1 is 0.220 bits per heavy atom. The molecule has 0 aliphatic carbocycles. The third kappa shape index (κ3) is 10.6. The van der Waals surface area contributed by atoms with Gasteiger partial charge in [0.2, 0.25) is 5.95 Å². The van der Waals surface area contributed by atoms with Crippen LogP contribution in [0.3, 0.4) is 0 Å². The zero-order chi connectivity index (χ0) is 67.2. The summed E-state index contributed by atoms with van der Waals surface area (Å²) in [5, 5.41) is 4.40. The summed E-state index contributed by atoms with van der Waals surface area (Å²) < 4.78 is 4.56. The summed E-state index contributed by atoms with van der Waals surface area (Å²) in [7, 11) is 0. The summed E-state index contributed by atoms with van der Waals surface area (Å²) in [6.07, 6.45) is 25.1. The van der Waals surface area contributed by atoms with E-state index in [9.17, 15) is 0 Å². The lowest BCUT2D eigenvalue weighted by molar-refractivity contribution is 0.953. The summed E-state index contributed by atoms with van der Waals surface area (Å²) >= 11 is 0. The summed E-state index contributed by atoms with van der Waals surface area (Å²) in [6, 6.07) is 113. The second-order valence-corrected chi connectivity index (χ2v) is 24.9. The average molecular weight is 1270 g/mol. The number of fused-ring (bicyclic) bond motifs is 6. The minimum Gasteiger partial charge on any atom is -0.309 e. The Bertz CT molecular complexity index is 6170. The van der Waals surface area contributed by atoms with E-state index >= 15 is 0 Å². The molecule has 0 saturated heterocycles. The van der Waals surface area contributed by atoms with Gasteiger partial charge in [0, 0.05) is 60.6 Å². The first-order valence-corrected chi connectivity index (χ1v) is 33.1. The molecule has 17 aromatic rings. The SMILES string of the molecule is C#Cc1cccc(-c2ccc(-c3cc(-c4cc(-c5ccccc5)cc(-c5ccccc5)c4)cc(-c4ccc5c(c4)c4cc(-c6ccc7c(c6)c6ccccc6n7-c6ccccc6)ccc4n5-c4nc(-c5ccccc5)nc(-c5ccccc5)n4)c3)cc2-c2cccc(C#C)c2C#C)c1C#C. The molecule has 0 saturated carbocycles. The fourth-order valence-electron chi connectivity index (χ4n) is 14.3. The predicted molar refractivity (Wildman–Crippen MR) is 415 cm³/mol. The van der Waals surface area contributed by atoms with E-state index in [-0.39, 0.29) is 0 Å². The highest BCUT2D eigenvalue weighted by Gasteiger charge is 2.23. The molecule has 0 radical (unpaired) electrons. The van der Waals surface area contributed by atoms with Crippen molar-refractivity contribution < 1.29 is 0 Å². The smallest absolute Gasteiger partial charge is 0.238 e. The van der Waals surface area contributed by atoms with Crippen molar-refractivity contribution in [3.8, 4) is 173 Å². The van der Waals surface area contributed by atoms with Crippen LogP contribution < -0.4 is 0 Å². The zero-order valence-electron chi connectivity index (χ0n) is 54.1. The highest BCUT2D eigenvalue weighted by atomic mass is 15.2. The Kier molecular flexibility index (Phi) is 15.1. The minimum absolute atomic E-state index is 0.501. The monoisotopic (exact) mass is 1270 g/mol. The van der Waals surface area contributed by atoms with Gasteiger partial charge in [-0.3, -0.25) is 4.57 Å². The van der Waals surface area contributed by atoms with E-state index in [1.807, 2.05) is 97.1 Å². The lowest BCUT2D eigenvalue weighted by Crippen LogP contribution is -2.06. The van der Waals surface area contributed by atoms with E-state index in [1.54, 1.807) is 0 Å². The summed E-state index contributed by atoms with van der Waals surface area (Å²) in [5.74, 6) is 13.2. The molecule has 0 atom stereocenters. The normalized spacial score (nSPS) is 11.2. The van der Waals surface area contributed by atoms with E-state index in [0.29, 0.717) is 39.9 Å². The van der Waals surface area contributed by atoms with Gasteiger partial charge in [0.05, 0.1) is 22.1 Å². The first-order chi connectivity index (χ1) is 49.4. The molecular weight excluding hydrogens is 1210 g/mol. The molecule has 0 amide bonds. The number of para-hydroxylation sites is 2. The third-order valence-electron chi connectivity index (χ3n) is 19.1. The van der Waals surface area contributed by atoms with Crippen LogP contribution in [0.25, 0.3) is 167 Å². The number of hydrogen-bond acceptors (Lipinski definition) is 3. The lowest BCUT2D eigenvalue weighted by Gasteiger charge is -2.18. The number of terminal acetylenes is 4. The second-order valence-electron chi connectivity index (χ2n) is 24.9. The molecule has 14 aromatic carbocycles. The maximum absolute atomic E-state index is 6.43.